The number of rotatable bonds is 7. The third-order valence-corrected chi connectivity index (χ3v) is 6.63. The first-order chi connectivity index (χ1) is 15.9. The quantitative estimate of drug-likeness (QED) is 0.492. The minimum atomic E-state index is -0.834. The van der Waals surface area contributed by atoms with Gasteiger partial charge in [0, 0.05) is 43.9 Å². The summed E-state index contributed by atoms with van der Waals surface area (Å²) in [6.45, 7) is 4.96. The highest BCUT2D eigenvalue weighted by Crippen LogP contribution is 2.29. The predicted octanol–water partition coefficient (Wildman–Crippen LogP) is 4.88. The van der Waals surface area contributed by atoms with Crippen molar-refractivity contribution in [3.63, 3.8) is 0 Å². The Kier molecular flexibility index (Phi) is 7.25. The monoisotopic (exact) mass is 472 g/mol. The molecule has 0 aliphatic carbocycles. The van der Waals surface area contributed by atoms with E-state index in [1.165, 1.54) is 17.4 Å². The third kappa shape index (κ3) is 5.51. The predicted molar refractivity (Wildman–Crippen MR) is 124 cm³/mol. The summed E-state index contributed by atoms with van der Waals surface area (Å²) in [5, 5.41) is 1.93. The smallest absolute Gasteiger partial charge is 0.264 e. The number of methoxy groups -OCH3 is 1. The zero-order chi connectivity index (χ0) is 23.4. The number of carbonyl (C=O) groups is 1. The van der Waals surface area contributed by atoms with Crippen molar-refractivity contribution in [3.05, 3.63) is 81.0 Å². The molecule has 1 saturated heterocycles. The molecule has 4 rings (SSSR count). The normalized spacial score (nSPS) is 14.4. The van der Waals surface area contributed by atoms with Crippen LogP contribution >= 0.6 is 11.3 Å². The number of ether oxygens (including phenoxy) is 2. The average Bonchev–Trinajstić information content (AvgIpc) is 3.30. The van der Waals surface area contributed by atoms with Gasteiger partial charge in [-0.2, -0.15) is 0 Å². The highest BCUT2D eigenvalue weighted by molar-refractivity contribution is 7.12. The van der Waals surface area contributed by atoms with Crippen LogP contribution in [0, 0.1) is 18.6 Å². The lowest BCUT2D eigenvalue weighted by molar-refractivity contribution is 0.0631. The van der Waals surface area contributed by atoms with Gasteiger partial charge in [0.25, 0.3) is 5.91 Å². The molecule has 0 radical (unpaired) electrons. The zero-order valence-corrected chi connectivity index (χ0v) is 19.5. The summed E-state index contributed by atoms with van der Waals surface area (Å²) in [6.07, 6.45) is 0. The molecule has 1 fully saturated rings. The molecule has 1 aliphatic heterocycles. The highest BCUT2D eigenvalue weighted by atomic mass is 32.1. The number of amides is 1. The van der Waals surface area contributed by atoms with Crippen molar-refractivity contribution in [1.82, 2.24) is 9.80 Å². The molecular weight excluding hydrogens is 446 g/mol. The van der Waals surface area contributed by atoms with Gasteiger partial charge in [-0.25, -0.2) is 8.78 Å². The fourth-order valence-corrected chi connectivity index (χ4v) is 4.66. The third-order valence-electron chi connectivity index (χ3n) is 5.66. The maximum absolute atomic E-state index is 13.9. The molecular formula is C25H26F2N2O3S. The first-order valence-electron chi connectivity index (χ1n) is 10.7. The van der Waals surface area contributed by atoms with Crippen molar-refractivity contribution >= 4 is 17.2 Å². The molecule has 2 heterocycles. The molecule has 5 nitrogen and oxygen atoms in total. The topological polar surface area (TPSA) is 42.0 Å². The molecule has 174 valence electrons. The van der Waals surface area contributed by atoms with E-state index in [4.69, 9.17) is 9.47 Å². The lowest BCUT2D eigenvalue weighted by atomic mass is 10.1. The fraction of sp³-hybridized carbons (Fsp3) is 0.320. The second-order valence-corrected chi connectivity index (χ2v) is 8.95. The molecule has 1 aromatic heterocycles. The van der Waals surface area contributed by atoms with Crippen LogP contribution in [0.4, 0.5) is 8.78 Å². The van der Waals surface area contributed by atoms with Crippen LogP contribution in [0.5, 0.6) is 11.5 Å². The molecule has 33 heavy (non-hydrogen) atoms. The lowest BCUT2D eigenvalue weighted by Crippen LogP contribution is -2.48. The van der Waals surface area contributed by atoms with Crippen molar-refractivity contribution in [2.24, 2.45) is 0 Å². The minimum Gasteiger partial charge on any atom is -0.493 e. The van der Waals surface area contributed by atoms with E-state index in [-0.39, 0.29) is 5.91 Å². The summed E-state index contributed by atoms with van der Waals surface area (Å²) in [5.74, 6) is -0.312. The van der Waals surface area contributed by atoms with E-state index in [0.29, 0.717) is 61.3 Å². The Morgan fingerprint density at radius 3 is 2.61 bits per heavy atom. The van der Waals surface area contributed by atoms with E-state index in [0.717, 1.165) is 17.2 Å². The van der Waals surface area contributed by atoms with Crippen molar-refractivity contribution < 1.29 is 23.0 Å². The van der Waals surface area contributed by atoms with Gasteiger partial charge in [0.2, 0.25) is 0 Å². The molecule has 0 bridgehead atoms. The maximum atomic E-state index is 13.9. The van der Waals surface area contributed by atoms with E-state index in [2.05, 4.69) is 0 Å². The van der Waals surface area contributed by atoms with Gasteiger partial charge in [0.05, 0.1) is 12.0 Å². The van der Waals surface area contributed by atoms with Crippen molar-refractivity contribution in [2.45, 2.75) is 20.1 Å². The SMILES string of the molecule is COc1cc(C)ccc1OCc1csc(C(=O)N2CCN(Cc3cccc(F)c3F)CC2)c1. The van der Waals surface area contributed by atoms with Gasteiger partial charge in [-0.05, 0) is 42.1 Å². The molecule has 0 saturated carbocycles. The summed E-state index contributed by atoms with van der Waals surface area (Å²) in [5.41, 5.74) is 2.35. The number of halogens is 2. The van der Waals surface area contributed by atoms with Gasteiger partial charge >= 0.3 is 0 Å². The first kappa shape index (κ1) is 23.2. The van der Waals surface area contributed by atoms with Gasteiger partial charge in [-0.15, -0.1) is 11.3 Å². The van der Waals surface area contributed by atoms with E-state index < -0.39 is 11.6 Å². The van der Waals surface area contributed by atoms with E-state index >= 15 is 0 Å². The van der Waals surface area contributed by atoms with Crippen LogP contribution in [0.2, 0.25) is 0 Å². The minimum absolute atomic E-state index is 0.0178. The fourth-order valence-electron chi connectivity index (χ4n) is 3.79. The maximum Gasteiger partial charge on any atom is 0.264 e. The zero-order valence-electron chi connectivity index (χ0n) is 18.6. The molecule has 2 aromatic carbocycles. The van der Waals surface area contributed by atoms with Gasteiger partial charge in [-0.1, -0.05) is 18.2 Å². The number of hydrogen-bond donors (Lipinski definition) is 0. The van der Waals surface area contributed by atoms with Crippen LogP contribution < -0.4 is 9.47 Å². The number of aryl methyl sites for hydroxylation is 1. The van der Waals surface area contributed by atoms with E-state index in [9.17, 15) is 13.6 Å². The molecule has 8 heteroatoms. The van der Waals surface area contributed by atoms with Crippen LogP contribution in [-0.2, 0) is 13.2 Å². The molecule has 1 amide bonds. The Balaban J connectivity index is 1.30. The van der Waals surface area contributed by atoms with E-state index in [1.807, 2.05) is 41.5 Å². The molecule has 3 aromatic rings. The Morgan fingerprint density at radius 1 is 1.06 bits per heavy atom. The van der Waals surface area contributed by atoms with Crippen LogP contribution in [0.1, 0.15) is 26.4 Å². The largest absolute Gasteiger partial charge is 0.493 e. The number of piperazine rings is 1. The van der Waals surface area contributed by atoms with Gasteiger partial charge in [0.15, 0.2) is 23.1 Å². The van der Waals surface area contributed by atoms with Crippen molar-refractivity contribution in [2.75, 3.05) is 33.3 Å². The molecule has 0 unspecified atom stereocenters. The summed E-state index contributed by atoms with van der Waals surface area (Å²) < 4.78 is 38.6. The number of hydrogen-bond acceptors (Lipinski definition) is 5. The Morgan fingerprint density at radius 2 is 1.85 bits per heavy atom. The van der Waals surface area contributed by atoms with Crippen LogP contribution in [0.3, 0.4) is 0 Å². The van der Waals surface area contributed by atoms with Gasteiger partial charge < -0.3 is 14.4 Å². The molecule has 0 N–H and O–H groups in total. The standard InChI is InChI=1S/C25H26F2N2O3S/c1-17-6-7-21(22(12-17)31-2)32-15-18-13-23(33-16-18)25(30)29-10-8-28(9-11-29)14-19-4-3-5-20(26)24(19)27/h3-7,12-13,16H,8-11,14-15H2,1-2H3. The Labute approximate surface area is 196 Å². The Bertz CT molecular complexity index is 1130. The second-order valence-electron chi connectivity index (χ2n) is 8.04. The van der Waals surface area contributed by atoms with Gasteiger partial charge in [-0.3, -0.25) is 9.69 Å². The second kappa shape index (κ2) is 10.3. The van der Waals surface area contributed by atoms with Crippen LogP contribution in [0.15, 0.2) is 47.8 Å². The van der Waals surface area contributed by atoms with Crippen molar-refractivity contribution in [1.29, 1.82) is 0 Å². The highest BCUT2D eigenvalue weighted by Gasteiger charge is 2.24. The molecule has 0 spiro atoms. The summed E-state index contributed by atoms with van der Waals surface area (Å²) in [7, 11) is 1.61. The molecule has 1 aliphatic rings. The average molecular weight is 473 g/mol. The number of carbonyl (C=O) groups excluding carboxylic acids is 1. The van der Waals surface area contributed by atoms with Gasteiger partial charge in [0.1, 0.15) is 6.61 Å². The first-order valence-corrected chi connectivity index (χ1v) is 11.6. The summed E-state index contributed by atoms with van der Waals surface area (Å²) >= 11 is 1.40. The summed E-state index contributed by atoms with van der Waals surface area (Å²) in [4.78, 5) is 17.4. The van der Waals surface area contributed by atoms with E-state index in [1.54, 1.807) is 18.1 Å². The number of nitrogens with zero attached hydrogens (tertiary/aromatic N) is 2. The van der Waals surface area contributed by atoms with Crippen LogP contribution in [0.25, 0.3) is 0 Å². The molecule has 0 atom stereocenters. The Hall–Kier alpha value is -2.97. The number of benzene rings is 2. The lowest BCUT2D eigenvalue weighted by Gasteiger charge is -2.34. The van der Waals surface area contributed by atoms with Crippen molar-refractivity contribution in [3.8, 4) is 11.5 Å². The summed E-state index contributed by atoms with van der Waals surface area (Å²) in [6, 6.07) is 11.8. The number of thiophene rings is 1. The van der Waals surface area contributed by atoms with Crippen LogP contribution in [-0.4, -0.2) is 49.0 Å².